The number of carboxylic acid groups (broad SMARTS) is 1. The highest BCUT2D eigenvalue weighted by atomic mass is 35.5. The molecular weight excluding hydrogens is 342 g/mol. The maximum Gasteiger partial charge on any atom is 0.323 e. The van der Waals surface area contributed by atoms with Crippen LogP contribution < -0.4 is 5.43 Å². The smallest absolute Gasteiger partial charge is 0.323 e. The van der Waals surface area contributed by atoms with Gasteiger partial charge in [0.25, 0.3) is 0 Å². The number of fused-ring (bicyclic) bond motifs is 2. The molecule has 1 heterocycles. The Morgan fingerprint density at radius 1 is 1.20 bits per heavy atom. The summed E-state index contributed by atoms with van der Waals surface area (Å²) < 4.78 is 6.77. The van der Waals surface area contributed by atoms with Crippen LogP contribution in [0.5, 0.6) is 0 Å². The lowest BCUT2D eigenvalue weighted by Gasteiger charge is -2.17. The molecule has 0 fully saturated rings. The molecule has 0 aliphatic heterocycles. The number of methoxy groups -OCH3 is 1. The van der Waals surface area contributed by atoms with Crippen molar-refractivity contribution in [3.8, 4) is 0 Å². The SMILES string of the molecule is COCCCc1c(Cl)ccc2c(=O)c3ccccc3n(CC(=O)O)c12. The number of pyridine rings is 1. The molecule has 1 aromatic heterocycles. The van der Waals surface area contributed by atoms with Crippen LogP contribution in [0.2, 0.25) is 5.02 Å². The Morgan fingerprint density at radius 3 is 2.68 bits per heavy atom. The molecule has 3 aromatic rings. The fourth-order valence-electron chi connectivity index (χ4n) is 3.20. The number of aliphatic carboxylic acids is 1. The minimum atomic E-state index is -0.974. The molecule has 0 bridgehead atoms. The molecule has 25 heavy (non-hydrogen) atoms. The van der Waals surface area contributed by atoms with Gasteiger partial charge in [-0.05, 0) is 42.7 Å². The lowest BCUT2D eigenvalue weighted by molar-refractivity contribution is -0.137. The van der Waals surface area contributed by atoms with Crippen LogP contribution in [0.25, 0.3) is 21.8 Å². The highest BCUT2D eigenvalue weighted by Crippen LogP contribution is 2.29. The summed E-state index contributed by atoms with van der Waals surface area (Å²) in [6.45, 7) is 0.318. The van der Waals surface area contributed by atoms with Gasteiger partial charge < -0.3 is 14.4 Å². The van der Waals surface area contributed by atoms with Gasteiger partial charge in [-0.2, -0.15) is 0 Å². The molecule has 5 nitrogen and oxygen atoms in total. The Kier molecular flexibility index (Phi) is 5.06. The first-order valence-electron chi connectivity index (χ1n) is 7.98. The van der Waals surface area contributed by atoms with E-state index in [2.05, 4.69) is 0 Å². The summed E-state index contributed by atoms with van der Waals surface area (Å²) in [5, 5.41) is 10.9. The predicted octanol–water partition coefficient (Wildman–Crippen LogP) is 3.47. The highest BCUT2D eigenvalue weighted by molar-refractivity contribution is 6.32. The maximum atomic E-state index is 12.9. The number of ether oxygens (including phenoxy) is 1. The van der Waals surface area contributed by atoms with Crippen molar-refractivity contribution in [2.24, 2.45) is 0 Å². The van der Waals surface area contributed by atoms with Gasteiger partial charge in [-0.15, -0.1) is 0 Å². The average Bonchev–Trinajstić information content (AvgIpc) is 2.60. The first-order chi connectivity index (χ1) is 12.0. The first-order valence-corrected chi connectivity index (χ1v) is 8.35. The molecule has 0 saturated carbocycles. The molecule has 6 heteroatoms. The van der Waals surface area contributed by atoms with E-state index in [1.165, 1.54) is 0 Å². The number of halogens is 1. The number of aromatic nitrogens is 1. The summed E-state index contributed by atoms with van der Waals surface area (Å²) >= 11 is 6.39. The zero-order chi connectivity index (χ0) is 18.0. The molecule has 0 aliphatic rings. The van der Waals surface area contributed by atoms with Crippen LogP contribution >= 0.6 is 11.6 Å². The molecule has 0 aliphatic carbocycles. The third-order valence-electron chi connectivity index (χ3n) is 4.25. The summed E-state index contributed by atoms with van der Waals surface area (Å²) in [5.41, 5.74) is 1.85. The standard InChI is InChI=1S/C19H18ClNO4/c1-25-10-4-6-12-15(20)9-8-14-18(12)21(11-17(22)23)16-7-3-2-5-13(16)19(14)24/h2-3,5,7-9H,4,6,10-11H2,1H3,(H,22,23). The Morgan fingerprint density at radius 2 is 1.96 bits per heavy atom. The molecule has 0 unspecified atom stereocenters. The quantitative estimate of drug-likeness (QED) is 0.540. The van der Waals surface area contributed by atoms with Gasteiger partial charge in [-0.3, -0.25) is 9.59 Å². The Labute approximate surface area is 149 Å². The highest BCUT2D eigenvalue weighted by Gasteiger charge is 2.17. The molecule has 2 aromatic carbocycles. The number of carbonyl (C=O) groups is 1. The van der Waals surface area contributed by atoms with Gasteiger partial charge >= 0.3 is 5.97 Å². The van der Waals surface area contributed by atoms with E-state index in [1.54, 1.807) is 48.1 Å². The van der Waals surface area contributed by atoms with Gasteiger partial charge in [0.1, 0.15) is 6.54 Å². The second kappa shape index (κ2) is 7.25. The largest absolute Gasteiger partial charge is 0.480 e. The van der Waals surface area contributed by atoms with Gasteiger partial charge in [0.05, 0.1) is 11.0 Å². The monoisotopic (exact) mass is 359 g/mol. The van der Waals surface area contributed by atoms with E-state index in [0.717, 1.165) is 12.0 Å². The van der Waals surface area contributed by atoms with E-state index in [0.29, 0.717) is 39.9 Å². The molecule has 130 valence electrons. The van der Waals surface area contributed by atoms with Gasteiger partial charge in [-0.1, -0.05) is 23.7 Å². The number of nitrogens with zero attached hydrogens (tertiary/aromatic N) is 1. The number of hydrogen-bond donors (Lipinski definition) is 1. The molecule has 0 radical (unpaired) electrons. The number of aryl methyl sites for hydroxylation is 1. The zero-order valence-corrected chi connectivity index (χ0v) is 14.5. The Balaban J connectivity index is 2.41. The van der Waals surface area contributed by atoms with Crippen LogP contribution in [0.3, 0.4) is 0 Å². The second-order valence-electron chi connectivity index (χ2n) is 5.84. The summed E-state index contributed by atoms with van der Waals surface area (Å²) in [6.07, 6.45) is 1.32. The lowest BCUT2D eigenvalue weighted by Crippen LogP contribution is -2.17. The number of benzene rings is 2. The van der Waals surface area contributed by atoms with E-state index in [9.17, 15) is 14.7 Å². The van der Waals surface area contributed by atoms with Crippen LogP contribution in [-0.2, 0) is 22.5 Å². The van der Waals surface area contributed by atoms with Gasteiger partial charge in [-0.25, -0.2) is 0 Å². The third kappa shape index (κ3) is 3.25. The summed E-state index contributed by atoms with van der Waals surface area (Å²) in [7, 11) is 1.62. The van der Waals surface area contributed by atoms with E-state index in [4.69, 9.17) is 16.3 Å². The molecular formula is C19H18ClNO4. The maximum absolute atomic E-state index is 12.9. The number of rotatable bonds is 6. The Hall–Kier alpha value is -2.37. The van der Waals surface area contributed by atoms with Crippen LogP contribution in [0, 0.1) is 0 Å². The molecule has 1 N–H and O–H groups in total. The summed E-state index contributed by atoms with van der Waals surface area (Å²) in [5.74, 6) is -0.974. The van der Waals surface area contributed by atoms with Crippen molar-refractivity contribution in [1.29, 1.82) is 0 Å². The number of para-hydroxylation sites is 1. The molecule has 0 spiro atoms. The van der Waals surface area contributed by atoms with Gasteiger partial charge in [0.2, 0.25) is 0 Å². The van der Waals surface area contributed by atoms with Crippen LogP contribution in [0.15, 0.2) is 41.2 Å². The van der Waals surface area contributed by atoms with Crippen molar-refractivity contribution in [2.75, 3.05) is 13.7 Å². The van der Waals surface area contributed by atoms with Gasteiger partial charge in [0.15, 0.2) is 5.43 Å². The molecule has 0 atom stereocenters. The van der Waals surface area contributed by atoms with Crippen molar-refractivity contribution in [1.82, 2.24) is 4.57 Å². The van der Waals surface area contributed by atoms with Crippen LogP contribution in [-0.4, -0.2) is 29.4 Å². The summed E-state index contributed by atoms with van der Waals surface area (Å²) in [6, 6.07) is 10.4. The fraction of sp³-hybridized carbons (Fsp3) is 0.263. The molecule has 0 saturated heterocycles. The Bertz CT molecular complexity index is 1010. The topological polar surface area (TPSA) is 68.5 Å². The normalized spacial score (nSPS) is 11.3. The van der Waals surface area contributed by atoms with E-state index < -0.39 is 5.97 Å². The molecule has 3 rings (SSSR count). The lowest BCUT2D eigenvalue weighted by atomic mass is 10.0. The van der Waals surface area contributed by atoms with Gasteiger partial charge in [0, 0.05) is 29.5 Å². The minimum Gasteiger partial charge on any atom is -0.480 e. The average molecular weight is 360 g/mol. The summed E-state index contributed by atoms with van der Waals surface area (Å²) in [4.78, 5) is 24.3. The van der Waals surface area contributed by atoms with E-state index in [-0.39, 0.29) is 12.0 Å². The third-order valence-corrected chi connectivity index (χ3v) is 4.60. The van der Waals surface area contributed by atoms with Crippen LogP contribution in [0.4, 0.5) is 0 Å². The molecule has 0 amide bonds. The minimum absolute atomic E-state index is 0.114. The zero-order valence-electron chi connectivity index (χ0n) is 13.8. The second-order valence-corrected chi connectivity index (χ2v) is 6.25. The van der Waals surface area contributed by atoms with Crippen molar-refractivity contribution in [2.45, 2.75) is 19.4 Å². The van der Waals surface area contributed by atoms with Crippen molar-refractivity contribution >= 4 is 39.4 Å². The number of hydrogen-bond acceptors (Lipinski definition) is 3. The van der Waals surface area contributed by atoms with Crippen molar-refractivity contribution in [3.63, 3.8) is 0 Å². The van der Waals surface area contributed by atoms with E-state index >= 15 is 0 Å². The first kappa shape index (κ1) is 17.5. The van der Waals surface area contributed by atoms with E-state index in [1.807, 2.05) is 0 Å². The fourth-order valence-corrected chi connectivity index (χ4v) is 3.45. The van der Waals surface area contributed by atoms with Crippen molar-refractivity contribution in [3.05, 3.63) is 57.2 Å². The van der Waals surface area contributed by atoms with Crippen molar-refractivity contribution < 1.29 is 14.6 Å². The number of carboxylic acids is 1. The predicted molar refractivity (Wildman–Crippen MR) is 98.6 cm³/mol. The van der Waals surface area contributed by atoms with Crippen LogP contribution in [0.1, 0.15) is 12.0 Å².